The number of ether oxygens (including phenoxy) is 1. The highest BCUT2D eigenvalue weighted by molar-refractivity contribution is 9.10. The van der Waals surface area contributed by atoms with Crippen LogP contribution in [0.15, 0.2) is 57.7 Å². The van der Waals surface area contributed by atoms with E-state index in [0.29, 0.717) is 22.4 Å². The maximum absolute atomic E-state index is 12.0. The number of benzene rings is 2. The summed E-state index contributed by atoms with van der Waals surface area (Å²) in [5, 5.41) is 2.65. The first-order valence-electron chi connectivity index (χ1n) is 6.68. The Morgan fingerprint density at radius 3 is 2.87 bits per heavy atom. The number of fused-ring (bicyclic) bond motifs is 1. The monoisotopic (exact) mass is 374 g/mol. The minimum atomic E-state index is -0.600. The van der Waals surface area contributed by atoms with Crippen molar-refractivity contribution >= 4 is 44.6 Å². The van der Waals surface area contributed by atoms with Gasteiger partial charge in [0.15, 0.2) is 18.6 Å². The van der Waals surface area contributed by atoms with E-state index in [1.54, 1.807) is 36.4 Å². The van der Waals surface area contributed by atoms with E-state index >= 15 is 0 Å². The Morgan fingerprint density at radius 1 is 1.22 bits per heavy atom. The SMILES string of the molecule is O=C(COC(=O)c1ccc2ocnc2c1)Nc1ccccc1Br. The van der Waals surface area contributed by atoms with Gasteiger partial charge < -0.3 is 14.5 Å². The molecule has 0 atom stereocenters. The highest BCUT2D eigenvalue weighted by atomic mass is 79.9. The standard InChI is InChI=1S/C16H11BrN2O4/c17-11-3-1-2-4-12(11)19-15(20)8-22-16(21)10-5-6-14-13(7-10)18-9-23-14/h1-7,9H,8H2,(H,19,20). The van der Waals surface area contributed by atoms with Crippen LogP contribution >= 0.6 is 15.9 Å². The van der Waals surface area contributed by atoms with Gasteiger partial charge in [0, 0.05) is 4.47 Å². The molecule has 1 amide bonds. The molecule has 2 aromatic carbocycles. The number of para-hydroxylation sites is 1. The van der Waals surface area contributed by atoms with Crippen molar-refractivity contribution in [2.75, 3.05) is 11.9 Å². The van der Waals surface area contributed by atoms with Gasteiger partial charge in [0.2, 0.25) is 0 Å². The lowest BCUT2D eigenvalue weighted by molar-refractivity contribution is -0.119. The molecular formula is C16H11BrN2O4. The number of anilines is 1. The summed E-state index contributed by atoms with van der Waals surface area (Å²) >= 11 is 3.32. The number of aromatic nitrogens is 1. The lowest BCUT2D eigenvalue weighted by Gasteiger charge is -2.08. The van der Waals surface area contributed by atoms with E-state index in [-0.39, 0.29) is 6.61 Å². The van der Waals surface area contributed by atoms with Crippen LogP contribution in [0.4, 0.5) is 5.69 Å². The second kappa shape index (κ2) is 6.62. The Hall–Kier alpha value is -2.67. The highest BCUT2D eigenvalue weighted by Crippen LogP contribution is 2.21. The largest absolute Gasteiger partial charge is 0.452 e. The predicted octanol–water partition coefficient (Wildman–Crippen LogP) is 3.39. The van der Waals surface area contributed by atoms with E-state index < -0.39 is 11.9 Å². The molecule has 1 heterocycles. The second-order valence-electron chi connectivity index (χ2n) is 4.64. The summed E-state index contributed by atoms with van der Waals surface area (Å²) in [5.41, 5.74) is 2.04. The fourth-order valence-electron chi connectivity index (χ4n) is 1.95. The van der Waals surface area contributed by atoms with Crippen molar-refractivity contribution in [3.05, 3.63) is 58.9 Å². The number of oxazole rings is 1. The van der Waals surface area contributed by atoms with Gasteiger partial charge in [-0.05, 0) is 46.3 Å². The molecule has 3 rings (SSSR count). The van der Waals surface area contributed by atoms with Gasteiger partial charge in [-0.3, -0.25) is 4.79 Å². The molecule has 3 aromatic rings. The third-order valence-electron chi connectivity index (χ3n) is 3.05. The summed E-state index contributed by atoms with van der Waals surface area (Å²) in [7, 11) is 0. The van der Waals surface area contributed by atoms with E-state index in [9.17, 15) is 9.59 Å². The minimum absolute atomic E-state index is 0.306. The number of carbonyl (C=O) groups excluding carboxylic acids is 2. The lowest BCUT2D eigenvalue weighted by Crippen LogP contribution is -2.21. The summed E-state index contributed by atoms with van der Waals surface area (Å²) in [6.07, 6.45) is 1.30. The maximum Gasteiger partial charge on any atom is 0.338 e. The number of esters is 1. The van der Waals surface area contributed by atoms with Crippen molar-refractivity contribution in [3.63, 3.8) is 0 Å². The van der Waals surface area contributed by atoms with Crippen molar-refractivity contribution < 1.29 is 18.7 Å². The molecule has 0 saturated carbocycles. The fraction of sp³-hybridized carbons (Fsp3) is 0.0625. The molecular weight excluding hydrogens is 364 g/mol. The van der Waals surface area contributed by atoms with Gasteiger partial charge in [-0.2, -0.15) is 0 Å². The minimum Gasteiger partial charge on any atom is -0.452 e. The smallest absolute Gasteiger partial charge is 0.338 e. The molecule has 116 valence electrons. The van der Waals surface area contributed by atoms with Crippen molar-refractivity contribution in [1.82, 2.24) is 4.98 Å². The Morgan fingerprint density at radius 2 is 2.04 bits per heavy atom. The molecule has 0 saturated heterocycles. The van der Waals surface area contributed by atoms with E-state index in [1.165, 1.54) is 6.39 Å². The van der Waals surface area contributed by atoms with Gasteiger partial charge in [0.25, 0.3) is 5.91 Å². The molecule has 0 spiro atoms. The number of halogens is 1. The fourth-order valence-corrected chi connectivity index (χ4v) is 2.33. The molecule has 6 nitrogen and oxygen atoms in total. The van der Waals surface area contributed by atoms with Crippen molar-refractivity contribution in [3.8, 4) is 0 Å². The van der Waals surface area contributed by atoms with Gasteiger partial charge in [-0.15, -0.1) is 0 Å². The van der Waals surface area contributed by atoms with Crippen LogP contribution in [-0.2, 0) is 9.53 Å². The van der Waals surface area contributed by atoms with Gasteiger partial charge in [0.05, 0.1) is 11.3 Å². The van der Waals surface area contributed by atoms with E-state index in [0.717, 1.165) is 4.47 Å². The van der Waals surface area contributed by atoms with Crippen molar-refractivity contribution in [2.45, 2.75) is 0 Å². The zero-order valence-corrected chi connectivity index (χ0v) is 13.4. The van der Waals surface area contributed by atoms with Crippen molar-refractivity contribution in [1.29, 1.82) is 0 Å². The van der Waals surface area contributed by atoms with E-state index in [1.807, 2.05) is 6.07 Å². The molecule has 0 aliphatic carbocycles. The normalized spacial score (nSPS) is 10.5. The molecule has 0 radical (unpaired) electrons. The number of hydrogen-bond acceptors (Lipinski definition) is 5. The van der Waals surface area contributed by atoms with Crippen LogP contribution in [0.5, 0.6) is 0 Å². The highest BCUT2D eigenvalue weighted by Gasteiger charge is 2.12. The van der Waals surface area contributed by atoms with Crippen LogP contribution in [0.3, 0.4) is 0 Å². The lowest BCUT2D eigenvalue weighted by atomic mass is 10.2. The number of nitrogens with zero attached hydrogens (tertiary/aromatic N) is 1. The Bertz CT molecular complexity index is 875. The molecule has 7 heteroatoms. The Balaban J connectivity index is 1.60. The first-order chi connectivity index (χ1) is 11.1. The quantitative estimate of drug-likeness (QED) is 0.707. The van der Waals surface area contributed by atoms with E-state index in [2.05, 4.69) is 26.2 Å². The van der Waals surface area contributed by atoms with Crippen LogP contribution in [-0.4, -0.2) is 23.5 Å². The molecule has 0 bridgehead atoms. The molecule has 1 aromatic heterocycles. The predicted molar refractivity (Wildman–Crippen MR) is 87.1 cm³/mol. The van der Waals surface area contributed by atoms with Crippen LogP contribution in [0.2, 0.25) is 0 Å². The van der Waals surface area contributed by atoms with Crippen LogP contribution in [0, 0.1) is 0 Å². The third kappa shape index (κ3) is 3.57. The van der Waals surface area contributed by atoms with Crippen LogP contribution < -0.4 is 5.32 Å². The molecule has 23 heavy (non-hydrogen) atoms. The van der Waals surface area contributed by atoms with Crippen LogP contribution in [0.1, 0.15) is 10.4 Å². The third-order valence-corrected chi connectivity index (χ3v) is 3.74. The van der Waals surface area contributed by atoms with Crippen molar-refractivity contribution in [2.24, 2.45) is 0 Å². The average molecular weight is 375 g/mol. The average Bonchev–Trinajstić information content (AvgIpc) is 3.02. The first kappa shape index (κ1) is 15.2. The molecule has 0 unspecified atom stereocenters. The zero-order valence-electron chi connectivity index (χ0n) is 11.8. The molecule has 0 aliphatic heterocycles. The van der Waals surface area contributed by atoms with Gasteiger partial charge >= 0.3 is 5.97 Å². The Labute approximate surface area is 139 Å². The maximum atomic E-state index is 12.0. The van der Waals surface area contributed by atoms with Gasteiger partial charge in [-0.25, -0.2) is 9.78 Å². The second-order valence-corrected chi connectivity index (χ2v) is 5.49. The van der Waals surface area contributed by atoms with Gasteiger partial charge in [-0.1, -0.05) is 12.1 Å². The summed E-state index contributed by atoms with van der Waals surface area (Å²) in [5.74, 6) is -1.02. The summed E-state index contributed by atoms with van der Waals surface area (Å²) in [6, 6.07) is 11.9. The zero-order chi connectivity index (χ0) is 16.2. The van der Waals surface area contributed by atoms with Crippen LogP contribution in [0.25, 0.3) is 11.1 Å². The van der Waals surface area contributed by atoms with E-state index in [4.69, 9.17) is 9.15 Å². The number of carbonyl (C=O) groups is 2. The Kier molecular flexibility index (Phi) is 4.38. The molecule has 1 N–H and O–H groups in total. The van der Waals surface area contributed by atoms with Gasteiger partial charge in [0.1, 0.15) is 5.52 Å². The summed E-state index contributed by atoms with van der Waals surface area (Å²) < 4.78 is 10.8. The summed E-state index contributed by atoms with van der Waals surface area (Å²) in [4.78, 5) is 27.8. The number of hydrogen-bond donors (Lipinski definition) is 1. The number of rotatable bonds is 4. The summed E-state index contributed by atoms with van der Waals surface area (Å²) in [6.45, 7) is -0.378. The first-order valence-corrected chi connectivity index (χ1v) is 7.47. The topological polar surface area (TPSA) is 81.4 Å². The molecule has 0 aliphatic rings. The number of amides is 1. The number of nitrogens with one attached hydrogen (secondary N) is 1. The molecule has 0 fully saturated rings.